The number of ether oxygens (including phenoxy) is 1. The van der Waals surface area contributed by atoms with Gasteiger partial charge in [-0.15, -0.1) is 11.3 Å². The molecule has 3 atom stereocenters. The number of rotatable bonds is 11. The molecule has 0 aliphatic carbocycles. The number of benzene rings is 1. The lowest BCUT2D eigenvalue weighted by Gasteiger charge is -2.38. The average molecular weight is 519 g/mol. The van der Waals surface area contributed by atoms with Crippen LogP contribution in [0.3, 0.4) is 0 Å². The van der Waals surface area contributed by atoms with Crippen LogP contribution in [0.15, 0.2) is 40.3 Å². The summed E-state index contributed by atoms with van der Waals surface area (Å²) in [6.45, 7) is 2.59. The molecular formula is C25H31FN4O3S2. The van der Waals surface area contributed by atoms with Crippen LogP contribution in [-0.4, -0.2) is 58.4 Å². The summed E-state index contributed by atoms with van der Waals surface area (Å²) < 4.78 is 21.2. The number of thioether (sulfide) groups is 1. The van der Waals surface area contributed by atoms with Crippen molar-refractivity contribution >= 4 is 40.0 Å². The molecule has 35 heavy (non-hydrogen) atoms. The number of hydrogen-bond donors (Lipinski definition) is 2. The standard InChI is InChI=1S/C25H31FN4O3S2/c1-33-18-3-5-22-19(13-18)24(20(26)14-29-22)21(27)4-2-16-6-8-30(15-17(16)12-23(31)32)9-11-35-25-28-7-10-34-25/h3,5,7,10,13-14,16-17,21H,2,4,6,8-9,11-12,15,27H2,1H3,(H,31,32)/t16?,17?,21-/m1/s1. The second-order valence-electron chi connectivity index (χ2n) is 8.94. The van der Waals surface area contributed by atoms with Crippen LogP contribution in [0.2, 0.25) is 0 Å². The molecule has 2 unspecified atom stereocenters. The average Bonchev–Trinajstić information content (AvgIpc) is 3.36. The maximum Gasteiger partial charge on any atom is 0.303 e. The fraction of sp³-hybridized carbons (Fsp3) is 0.480. The number of fused-ring (bicyclic) bond motifs is 1. The van der Waals surface area contributed by atoms with E-state index in [4.69, 9.17) is 10.5 Å². The molecule has 1 fully saturated rings. The Morgan fingerprint density at radius 3 is 3.00 bits per heavy atom. The first kappa shape index (κ1) is 25.8. The fourth-order valence-corrected chi connectivity index (χ4v) is 6.66. The van der Waals surface area contributed by atoms with Gasteiger partial charge in [-0.3, -0.25) is 9.78 Å². The first-order valence-corrected chi connectivity index (χ1v) is 13.6. The van der Waals surface area contributed by atoms with E-state index in [0.717, 1.165) is 42.6 Å². The normalized spacial score (nSPS) is 19.6. The third kappa shape index (κ3) is 6.69. The van der Waals surface area contributed by atoms with Gasteiger partial charge in [-0.2, -0.15) is 0 Å². The van der Waals surface area contributed by atoms with Crippen LogP contribution in [0.5, 0.6) is 5.75 Å². The van der Waals surface area contributed by atoms with Gasteiger partial charge in [0, 0.05) is 53.8 Å². The van der Waals surface area contributed by atoms with Crippen LogP contribution < -0.4 is 10.5 Å². The van der Waals surface area contributed by atoms with Crippen molar-refractivity contribution in [1.82, 2.24) is 14.9 Å². The lowest BCUT2D eigenvalue weighted by Crippen LogP contribution is -2.42. The second kappa shape index (κ2) is 12.1. The number of likely N-dealkylation sites (tertiary alicyclic amines) is 1. The largest absolute Gasteiger partial charge is 0.497 e. The Morgan fingerprint density at radius 1 is 1.40 bits per heavy atom. The summed E-state index contributed by atoms with van der Waals surface area (Å²) in [7, 11) is 1.57. The van der Waals surface area contributed by atoms with Crippen molar-refractivity contribution in [3.63, 3.8) is 0 Å². The number of nitrogens with two attached hydrogens (primary N) is 1. The van der Waals surface area contributed by atoms with E-state index in [1.54, 1.807) is 48.4 Å². The zero-order chi connectivity index (χ0) is 24.8. The Balaban J connectivity index is 1.39. The van der Waals surface area contributed by atoms with Crippen molar-refractivity contribution in [3.05, 3.63) is 47.4 Å². The van der Waals surface area contributed by atoms with E-state index in [0.29, 0.717) is 28.6 Å². The summed E-state index contributed by atoms with van der Waals surface area (Å²) in [6, 6.07) is 4.86. The molecule has 0 radical (unpaired) electrons. The van der Waals surface area contributed by atoms with E-state index in [2.05, 4.69) is 14.9 Å². The Hall–Kier alpha value is -2.27. The minimum absolute atomic E-state index is 0.0532. The number of piperidine rings is 1. The van der Waals surface area contributed by atoms with Crippen LogP contribution in [-0.2, 0) is 4.79 Å². The lowest BCUT2D eigenvalue weighted by molar-refractivity contribution is -0.139. The number of pyridine rings is 1. The lowest BCUT2D eigenvalue weighted by atomic mass is 9.79. The molecule has 7 nitrogen and oxygen atoms in total. The van der Waals surface area contributed by atoms with Crippen molar-refractivity contribution in [1.29, 1.82) is 0 Å². The fourth-order valence-electron chi connectivity index (χ4n) is 4.95. The van der Waals surface area contributed by atoms with Crippen molar-refractivity contribution in [2.24, 2.45) is 17.6 Å². The monoisotopic (exact) mass is 518 g/mol. The molecule has 3 heterocycles. The van der Waals surface area contributed by atoms with Crippen LogP contribution in [0.4, 0.5) is 4.39 Å². The topological polar surface area (TPSA) is 102 Å². The number of nitrogens with zero attached hydrogens (tertiary/aromatic N) is 3. The van der Waals surface area contributed by atoms with Gasteiger partial charge in [0.1, 0.15) is 15.9 Å². The molecular weight excluding hydrogens is 487 g/mol. The Bertz CT molecular complexity index is 1130. The molecule has 1 aliphatic heterocycles. The van der Waals surface area contributed by atoms with Crippen LogP contribution in [0.25, 0.3) is 10.9 Å². The summed E-state index contributed by atoms with van der Waals surface area (Å²) in [5.41, 5.74) is 7.63. The van der Waals surface area contributed by atoms with Crippen molar-refractivity contribution in [3.8, 4) is 5.75 Å². The highest BCUT2D eigenvalue weighted by Gasteiger charge is 2.31. The molecule has 1 aromatic carbocycles. The Morgan fingerprint density at radius 2 is 2.26 bits per heavy atom. The minimum Gasteiger partial charge on any atom is -0.497 e. The number of methoxy groups -OCH3 is 1. The zero-order valence-electron chi connectivity index (χ0n) is 19.7. The number of aliphatic carboxylic acids is 1. The molecule has 2 aromatic heterocycles. The smallest absolute Gasteiger partial charge is 0.303 e. The maximum atomic E-state index is 14.8. The number of carboxylic acid groups (broad SMARTS) is 1. The van der Waals surface area contributed by atoms with Gasteiger partial charge in [-0.05, 0) is 55.8 Å². The third-order valence-electron chi connectivity index (χ3n) is 6.74. The molecule has 0 spiro atoms. The summed E-state index contributed by atoms with van der Waals surface area (Å²) in [6.07, 6.45) is 5.42. The summed E-state index contributed by atoms with van der Waals surface area (Å²) >= 11 is 3.37. The predicted octanol–water partition coefficient (Wildman–Crippen LogP) is 4.82. The first-order chi connectivity index (χ1) is 16.9. The van der Waals surface area contributed by atoms with Gasteiger partial charge >= 0.3 is 5.97 Å². The van der Waals surface area contributed by atoms with Gasteiger partial charge in [-0.25, -0.2) is 9.37 Å². The number of carbonyl (C=O) groups is 1. The highest BCUT2D eigenvalue weighted by Crippen LogP contribution is 2.35. The Labute approximate surface area is 212 Å². The number of aromatic nitrogens is 2. The van der Waals surface area contributed by atoms with E-state index in [-0.39, 0.29) is 18.3 Å². The molecule has 3 aromatic rings. The molecule has 0 bridgehead atoms. The molecule has 1 aliphatic rings. The summed E-state index contributed by atoms with van der Waals surface area (Å²) in [5, 5.41) is 12.1. The highest BCUT2D eigenvalue weighted by atomic mass is 32.2. The predicted molar refractivity (Wildman–Crippen MR) is 138 cm³/mol. The van der Waals surface area contributed by atoms with Crippen LogP contribution >= 0.6 is 23.1 Å². The molecule has 0 saturated carbocycles. The third-order valence-corrected chi connectivity index (χ3v) is 8.69. The zero-order valence-corrected chi connectivity index (χ0v) is 21.4. The van der Waals surface area contributed by atoms with Gasteiger partial charge in [-0.1, -0.05) is 11.8 Å². The van der Waals surface area contributed by atoms with Gasteiger partial charge in [0.05, 0.1) is 18.8 Å². The van der Waals surface area contributed by atoms with Gasteiger partial charge in [0.15, 0.2) is 0 Å². The number of thiazole rings is 1. The summed E-state index contributed by atoms with van der Waals surface area (Å²) in [4.78, 5) is 22.4. The van der Waals surface area contributed by atoms with Crippen molar-refractivity contribution in [2.45, 2.75) is 36.1 Å². The van der Waals surface area contributed by atoms with Crippen LogP contribution in [0, 0.1) is 17.7 Å². The second-order valence-corrected chi connectivity index (χ2v) is 11.2. The number of carboxylic acids is 1. The maximum absolute atomic E-state index is 14.8. The SMILES string of the molecule is COc1ccc2ncc(F)c([C@H](N)CCC3CCN(CCSc4nccs4)CC3CC(=O)O)c2c1. The minimum atomic E-state index is -0.776. The molecule has 1 saturated heterocycles. The van der Waals surface area contributed by atoms with Crippen molar-refractivity contribution in [2.75, 3.05) is 32.5 Å². The molecule has 10 heteroatoms. The molecule has 3 N–H and O–H groups in total. The van der Waals surface area contributed by atoms with Gasteiger partial charge in [0.25, 0.3) is 0 Å². The van der Waals surface area contributed by atoms with E-state index in [1.807, 2.05) is 11.6 Å². The molecule has 4 rings (SSSR count). The molecule has 188 valence electrons. The van der Waals surface area contributed by atoms with E-state index in [9.17, 15) is 14.3 Å². The van der Waals surface area contributed by atoms with Crippen molar-refractivity contribution < 1.29 is 19.0 Å². The summed E-state index contributed by atoms with van der Waals surface area (Å²) in [5.74, 6) is 0.652. The van der Waals surface area contributed by atoms with Crippen LogP contribution in [0.1, 0.15) is 37.3 Å². The van der Waals surface area contributed by atoms with Gasteiger partial charge in [0.2, 0.25) is 0 Å². The molecule has 0 amide bonds. The van der Waals surface area contributed by atoms with Gasteiger partial charge < -0.3 is 20.5 Å². The Kier molecular flexibility index (Phi) is 8.94. The highest BCUT2D eigenvalue weighted by molar-refractivity contribution is 8.01. The quantitative estimate of drug-likeness (QED) is 0.348. The van der Waals surface area contributed by atoms with E-state index < -0.39 is 17.8 Å². The number of halogens is 1. The number of hydrogen-bond acceptors (Lipinski definition) is 8. The first-order valence-electron chi connectivity index (χ1n) is 11.8. The van der Waals surface area contributed by atoms with E-state index >= 15 is 0 Å². The van der Waals surface area contributed by atoms with E-state index in [1.165, 1.54) is 6.20 Å².